The van der Waals surface area contributed by atoms with E-state index in [0.717, 1.165) is 5.92 Å². The number of aliphatic hydroxyl groups is 1. The smallest absolute Gasteiger partial charge is 0.0459 e. The molecular formula is C10H20O. The van der Waals surface area contributed by atoms with Crippen LogP contribution in [0.25, 0.3) is 0 Å². The average Bonchev–Trinajstić information content (AvgIpc) is 2.30. The zero-order valence-electron chi connectivity index (χ0n) is 7.55. The van der Waals surface area contributed by atoms with Crippen LogP contribution in [-0.4, -0.2) is 11.7 Å². The highest BCUT2D eigenvalue weighted by Gasteiger charge is 2.17. The molecule has 1 aliphatic rings. The molecule has 1 saturated carbocycles. The minimum absolute atomic E-state index is 0.380. The number of aliphatic hydroxyl groups excluding tert-OH is 1. The van der Waals surface area contributed by atoms with Crippen molar-refractivity contribution in [3.05, 3.63) is 0 Å². The van der Waals surface area contributed by atoms with Gasteiger partial charge in [0.15, 0.2) is 0 Å². The summed E-state index contributed by atoms with van der Waals surface area (Å²) >= 11 is 0. The zero-order chi connectivity index (χ0) is 8.10. The fourth-order valence-electron chi connectivity index (χ4n) is 2.03. The van der Waals surface area contributed by atoms with Crippen molar-refractivity contribution in [3.63, 3.8) is 0 Å². The maximum Gasteiger partial charge on any atom is 0.0459 e. The van der Waals surface area contributed by atoms with E-state index in [1.54, 1.807) is 0 Å². The van der Waals surface area contributed by atoms with Gasteiger partial charge in [-0.05, 0) is 11.8 Å². The Morgan fingerprint density at radius 3 is 2.18 bits per heavy atom. The average molecular weight is 156 g/mol. The first-order chi connectivity index (χ1) is 5.34. The molecule has 0 aromatic rings. The van der Waals surface area contributed by atoms with Crippen molar-refractivity contribution in [2.24, 2.45) is 11.8 Å². The SMILES string of the molecule is C[C@H](CO)C1CCCCCC1. The first-order valence-electron chi connectivity index (χ1n) is 4.95. The van der Waals surface area contributed by atoms with E-state index in [2.05, 4.69) is 6.92 Å². The Morgan fingerprint density at radius 2 is 1.73 bits per heavy atom. The lowest BCUT2D eigenvalue weighted by Gasteiger charge is -2.19. The summed E-state index contributed by atoms with van der Waals surface area (Å²) in [6.07, 6.45) is 8.29. The van der Waals surface area contributed by atoms with Gasteiger partial charge in [-0.15, -0.1) is 0 Å². The largest absolute Gasteiger partial charge is 0.396 e. The van der Waals surface area contributed by atoms with Crippen molar-refractivity contribution in [2.75, 3.05) is 6.61 Å². The Hall–Kier alpha value is -0.0400. The van der Waals surface area contributed by atoms with Crippen LogP contribution in [0.2, 0.25) is 0 Å². The molecule has 0 heterocycles. The molecule has 0 aromatic carbocycles. The molecule has 1 aliphatic carbocycles. The van der Waals surface area contributed by atoms with Gasteiger partial charge in [0.2, 0.25) is 0 Å². The lowest BCUT2D eigenvalue weighted by molar-refractivity contribution is 0.177. The highest BCUT2D eigenvalue weighted by atomic mass is 16.3. The predicted octanol–water partition coefficient (Wildman–Crippen LogP) is 2.59. The molecule has 11 heavy (non-hydrogen) atoms. The molecule has 0 aromatic heterocycles. The molecule has 0 spiro atoms. The van der Waals surface area contributed by atoms with Crippen LogP contribution in [0.3, 0.4) is 0 Å². The van der Waals surface area contributed by atoms with Crippen molar-refractivity contribution >= 4 is 0 Å². The van der Waals surface area contributed by atoms with Crippen LogP contribution in [0.1, 0.15) is 45.4 Å². The molecule has 0 unspecified atom stereocenters. The molecule has 0 radical (unpaired) electrons. The summed E-state index contributed by atoms with van der Waals surface area (Å²) in [6.45, 7) is 2.56. The van der Waals surface area contributed by atoms with Crippen molar-refractivity contribution in [2.45, 2.75) is 45.4 Å². The van der Waals surface area contributed by atoms with Crippen LogP contribution in [-0.2, 0) is 0 Å². The predicted molar refractivity (Wildman–Crippen MR) is 47.4 cm³/mol. The first-order valence-corrected chi connectivity index (χ1v) is 4.95. The van der Waals surface area contributed by atoms with E-state index in [4.69, 9.17) is 5.11 Å². The van der Waals surface area contributed by atoms with Crippen molar-refractivity contribution < 1.29 is 5.11 Å². The van der Waals surface area contributed by atoms with Gasteiger partial charge >= 0.3 is 0 Å². The number of hydrogen-bond donors (Lipinski definition) is 1. The van der Waals surface area contributed by atoms with Gasteiger partial charge in [0.25, 0.3) is 0 Å². The minimum Gasteiger partial charge on any atom is -0.396 e. The van der Waals surface area contributed by atoms with Crippen LogP contribution < -0.4 is 0 Å². The van der Waals surface area contributed by atoms with Gasteiger partial charge in [0, 0.05) is 6.61 Å². The third-order valence-corrected chi connectivity index (χ3v) is 2.99. The summed E-state index contributed by atoms with van der Waals surface area (Å²) in [5, 5.41) is 8.98. The standard InChI is InChI=1S/C10H20O/c1-9(8-11)10-6-4-2-3-5-7-10/h9-11H,2-8H2,1H3/t9-/m1/s1. The minimum atomic E-state index is 0.380. The van der Waals surface area contributed by atoms with Crippen LogP contribution in [0.15, 0.2) is 0 Å². The highest BCUT2D eigenvalue weighted by molar-refractivity contribution is 4.69. The second kappa shape index (κ2) is 4.76. The van der Waals surface area contributed by atoms with E-state index < -0.39 is 0 Å². The van der Waals surface area contributed by atoms with Gasteiger partial charge in [-0.25, -0.2) is 0 Å². The third-order valence-electron chi connectivity index (χ3n) is 2.99. The van der Waals surface area contributed by atoms with Crippen molar-refractivity contribution in [1.29, 1.82) is 0 Å². The highest BCUT2D eigenvalue weighted by Crippen LogP contribution is 2.28. The summed E-state index contributed by atoms with van der Waals surface area (Å²) in [5.41, 5.74) is 0. The second-order valence-electron chi connectivity index (χ2n) is 3.91. The van der Waals surface area contributed by atoms with Crippen molar-refractivity contribution in [1.82, 2.24) is 0 Å². The summed E-state index contributed by atoms with van der Waals surface area (Å²) in [6, 6.07) is 0. The quantitative estimate of drug-likeness (QED) is 0.609. The Kier molecular flexibility index (Phi) is 3.92. The lowest BCUT2D eigenvalue weighted by atomic mass is 9.88. The summed E-state index contributed by atoms with van der Waals surface area (Å²) in [4.78, 5) is 0. The van der Waals surface area contributed by atoms with Crippen LogP contribution in [0, 0.1) is 11.8 Å². The molecule has 0 saturated heterocycles. The van der Waals surface area contributed by atoms with Gasteiger partial charge in [-0.3, -0.25) is 0 Å². The third kappa shape index (κ3) is 2.82. The first kappa shape index (κ1) is 9.05. The molecule has 66 valence electrons. The molecule has 1 N–H and O–H groups in total. The fraction of sp³-hybridized carbons (Fsp3) is 1.00. The van der Waals surface area contributed by atoms with Gasteiger partial charge in [-0.1, -0.05) is 45.4 Å². The zero-order valence-corrected chi connectivity index (χ0v) is 7.55. The van der Waals surface area contributed by atoms with E-state index in [1.807, 2.05) is 0 Å². The lowest BCUT2D eigenvalue weighted by Crippen LogP contribution is -2.14. The van der Waals surface area contributed by atoms with Gasteiger partial charge < -0.3 is 5.11 Å². The Labute approximate surface area is 69.8 Å². The number of hydrogen-bond acceptors (Lipinski definition) is 1. The molecule has 1 rings (SSSR count). The van der Waals surface area contributed by atoms with E-state index in [9.17, 15) is 0 Å². The summed E-state index contributed by atoms with van der Waals surface area (Å²) in [7, 11) is 0. The second-order valence-corrected chi connectivity index (χ2v) is 3.91. The van der Waals surface area contributed by atoms with E-state index >= 15 is 0 Å². The van der Waals surface area contributed by atoms with Gasteiger partial charge in [0.05, 0.1) is 0 Å². The van der Waals surface area contributed by atoms with Crippen LogP contribution in [0.5, 0.6) is 0 Å². The van der Waals surface area contributed by atoms with E-state index in [-0.39, 0.29) is 0 Å². The molecule has 1 fully saturated rings. The fourth-order valence-corrected chi connectivity index (χ4v) is 2.03. The summed E-state index contributed by atoms with van der Waals surface area (Å²) < 4.78 is 0. The topological polar surface area (TPSA) is 20.2 Å². The monoisotopic (exact) mass is 156 g/mol. The maximum atomic E-state index is 8.98. The van der Waals surface area contributed by atoms with Gasteiger partial charge in [0.1, 0.15) is 0 Å². The molecule has 0 aliphatic heterocycles. The molecule has 0 bridgehead atoms. The molecule has 0 amide bonds. The summed E-state index contributed by atoms with van der Waals surface area (Å²) in [5.74, 6) is 1.34. The Morgan fingerprint density at radius 1 is 1.18 bits per heavy atom. The number of rotatable bonds is 2. The van der Waals surface area contributed by atoms with Crippen LogP contribution in [0.4, 0.5) is 0 Å². The maximum absolute atomic E-state index is 8.98. The molecule has 1 nitrogen and oxygen atoms in total. The Balaban J connectivity index is 2.30. The molecular weight excluding hydrogens is 136 g/mol. The van der Waals surface area contributed by atoms with E-state index in [0.29, 0.717) is 12.5 Å². The molecule has 1 heteroatoms. The van der Waals surface area contributed by atoms with E-state index in [1.165, 1.54) is 38.5 Å². The normalized spacial score (nSPS) is 24.5. The van der Waals surface area contributed by atoms with Crippen LogP contribution >= 0.6 is 0 Å². The van der Waals surface area contributed by atoms with Gasteiger partial charge in [-0.2, -0.15) is 0 Å². The Bertz CT molecular complexity index is 93.0. The van der Waals surface area contributed by atoms with Crippen molar-refractivity contribution in [3.8, 4) is 0 Å². The molecule has 1 atom stereocenters.